The molecule has 0 unspecified atom stereocenters. The maximum absolute atomic E-state index is 11.8. The van der Waals surface area contributed by atoms with Crippen molar-refractivity contribution in [3.63, 3.8) is 0 Å². The molecular formula is C19H23Cl2N5O. The van der Waals surface area contributed by atoms with Gasteiger partial charge in [-0.05, 0) is 45.1 Å². The van der Waals surface area contributed by atoms with Crippen molar-refractivity contribution in [3.8, 4) is 0 Å². The van der Waals surface area contributed by atoms with E-state index in [2.05, 4.69) is 39.0 Å². The fourth-order valence-electron chi connectivity index (χ4n) is 3.32. The Kier molecular flexibility index (Phi) is 6.19. The second-order valence-corrected chi connectivity index (χ2v) is 7.28. The number of aromatic nitrogens is 3. The Balaban J connectivity index is 2.07. The van der Waals surface area contributed by atoms with Gasteiger partial charge in [0, 0.05) is 22.6 Å². The summed E-state index contributed by atoms with van der Waals surface area (Å²) in [4.78, 5) is 25.5. The van der Waals surface area contributed by atoms with E-state index in [1.807, 2.05) is 6.92 Å². The van der Waals surface area contributed by atoms with Gasteiger partial charge in [-0.1, -0.05) is 37.0 Å². The van der Waals surface area contributed by atoms with Crippen LogP contribution in [0.4, 0.5) is 5.69 Å². The molecule has 3 aromatic rings. The Morgan fingerprint density at radius 1 is 1.15 bits per heavy atom. The van der Waals surface area contributed by atoms with Gasteiger partial charge in [0.05, 0.1) is 21.6 Å². The van der Waals surface area contributed by atoms with Crippen molar-refractivity contribution in [2.24, 2.45) is 0 Å². The number of nitrogens with one attached hydrogen (secondary N) is 2. The SMILES string of the molecule is CCN(CC)CCCNc1c2c(Cl)cc(Cl)cc2nc2nc(=O)[nH]c(C)c12. The van der Waals surface area contributed by atoms with Gasteiger partial charge in [-0.15, -0.1) is 0 Å². The summed E-state index contributed by atoms with van der Waals surface area (Å²) in [6, 6.07) is 3.44. The molecule has 144 valence electrons. The molecule has 0 saturated carbocycles. The van der Waals surface area contributed by atoms with Crippen LogP contribution in [-0.4, -0.2) is 46.0 Å². The molecule has 0 amide bonds. The molecule has 1 aromatic carbocycles. The average Bonchev–Trinajstić information content (AvgIpc) is 2.60. The standard InChI is InChI=1S/C19H23Cl2N5O/c1-4-26(5-2)8-6-7-22-17-15-11(3)23-19(27)25-18(15)24-14-10-12(20)9-13(21)16(14)17/h9-10H,4-8H2,1-3H3,(H2,22,23,24,25,27). The highest BCUT2D eigenvalue weighted by molar-refractivity contribution is 6.40. The van der Waals surface area contributed by atoms with Crippen LogP contribution in [-0.2, 0) is 0 Å². The number of fused-ring (bicyclic) bond motifs is 2. The van der Waals surface area contributed by atoms with Crippen LogP contribution in [0.25, 0.3) is 21.9 Å². The average molecular weight is 408 g/mol. The van der Waals surface area contributed by atoms with Gasteiger partial charge in [-0.3, -0.25) is 0 Å². The summed E-state index contributed by atoms with van der Waals surface area (Å²) >= 11 is 12.6. The molecule has 27 heavy (non-hydrogen) atoms. The number of anilines is 1. The first kappa shape index (κ1) is 19.9. The van der Waals surface area contributed by atoms with Crippen molar-refractivity contribution in [2.45, 2.75) is 27.2 Å². The topological polar surface area (TPSA) is 73.9 Å². The van der Waals surface area contributed by atoms with Crippen LogP contribution in [0.15, 0.2) is 16.9 Å². The third kappa shape index (κ3) is 4.18. The van der Waals surface area contributed by atoms with Crippen molar-refractivity contribution >= 4 is 50.8 Å². The van der Waals surface area contributed by atoms with Crippen LogP contribution in [0.5, 0.6) is 0 Å². The van der Waals surface area contributed by atoms with Gasteiger partial charge in [0.15, 0.2) is 5.65 Å². The molecule has 0 aliphatic carbocycles. The Labute approximate surface area is 167 Å². The minimum atomic E-state index is -0.424. The molecule has 0 saturated heterocycles. The van der Waals surface area contributed by atoms with Gasteiger partial charge >= 0.3 is 5.69 Å². The number of rotatable bonds is 7. The van der Waals surface area contributed by atoms with Gasteiger partial charge in [0.1, 0.15) is 0 Å². The summed E-state index contributed by atoms with van der Waals surface area (Å²) in [6.45, 7) is 10.0. The van der Waals surface area contributed by atoms with E-state index in [1.54, 1.807) is 12.1 Å². The number of halogens is 2. The summed E-state index contributed by atoms with van der Waals surface area (Å²) in [5, 5.41) is 6.07. The van der Waals surface area contributed by atoms with Crippen LogP contribution in [0.3, 0.4) is 0 Å². The zero-order valence-corrected chi connectivity index (χ0v) is 17.2. The molecule has 2 N–H and O–H groups in total. The predicted octanol–water partition coefficient (Wildman–Crippen LogP) is 4.23. The third-order valence-electron chi connectivity index (χ3n) is 4.71. The van der Waals surface area contributed by atoms with Crippen LogP contribution in [0, 0.1) is 6.92 Å². The Morgan fingerprint density at radius 2 is 1.89 bits per heavy atom. The van der Waals surface area contributed by atoms with Crippen LogP contribution in [0.1, 0.15) is 26.0 Å². The van der Waals surface area contributed by atoms with Gasteiger partial charge in [-0.2, -0.15) is 4.98 Å². The molecule has 0 aliphatic heterocycles. The van der Waals surface area contributed by atoms with Crippen molar-refractivity contribution in [3.05, 3.63) is 38.4 Å². The fourth-order valence-corrected chi connectivity index (χ4v) is 3.90. The second-order valence-electron chi connectivity index (χ2n) is 6.44. The van der Waals surface area contributed by atoms with Crippen LogP contribution < -0.4 is 11.0 Å². The minimum absolute atomic E-state index is 0.383. The van der Waals surface area contributed by atoms with E-state index in [0.29, 0.717) is 26.9 Å². The first-order valence-corrected chi connectivity index (χ1v) is 9.85. The zero-order valence-electron chi connectivity index (χ0n) is 15.7. The molecule has 2 aromatic heterocycles. The van der Waals surface area contributed by atoms with E-state index < -0.39 is 5.69 Å². The molecule has 0 radical (unpaired) electrons. The zero-order chi connectivity index (χ0) is 19.6. The third-order valence-corrected chi connectivity index (χ3v) is 5.22. The Hall–Kier alpha value is -1.89. The first-order chi connectivity index (χ1) is 12.9. The number of hydrogen-bond donors (Lipinski definition) is 2. The molecule has 3 rings (SSSR count). The molecule has 6 nitrogen and oxygen atoms in total. The number of aromatic amines is 1. The number of hydrogen-bond acceptors (Lipinski definition) is 5. The second kappa shape index (κ2) is 8.42. The summed E-state index contributed by atoms with van der Waals surface area (Å²) in [7, 11) is 0. The van der Waals surface area contributed by atoms with Gasteiger partial charge in [0.2, 0.25) is 0 Å². The minimum Gasteiger partial charge on any atom is -0.384 e. The highest BCUT2D eigenvalue weighted by Gasteiger charge is 2.16. The monoisotopic (exact) mass is 407 g/mol. The molecular weight excluding hydrogens is 385 g/mol. The van der Waals surface area contributed by atoms with E-state index in [-0.39, 0.29) is 0 Å². The summed E-state index contributed by atoms with van der Waals surface area (Å²) in [5.74, 6) is 0. The van der Waals surface area contributed by atoms with E-state index in [0.717, 1.165) is 49.1 Å². The van der Waals surface area contributed by atoms with E-state index in [1.165, 1.54) is 0 Å². The maximum Gasteiger partial charge on any atom is 0.347 e. The lowest BCUT2D eigenvalue weighted by Gasteiger charge is -2.19. The maximum atomic E-state index is 11.8. The quantitative estimate of drug-likeness (QED) is 0.452. The van der Waals surface area contributed by atoms with Crippen molar-refractivity contribution in [2.75, 3.05) is 31.5 Å². The largest absolute Gasteiger partial charge is 0.384 e. The van der Waals surface area contributed by atoms with Crippen molar-refractivity contribution in [1.82, 2.24) is 19.9 Å². The van der Waals surface area contributed by atoms with Crippen molar-refractivity contribution < 1.29 is 0 Å². The molecule has 2 heterocycles. The van der Waals surface area contributed by atoms with Crippen molar-refractivity contribution in [1.29, 1.82) is 0 Å². The molecule has 8 heteroatoms. The fraction of sp³-hybridized carbons (Fsp3) is 0.421. The van der Waals surface area contributed by atoms with E-state index >= 15 is 0 Å². The molecule has 0 aliphatic rings. The number of benzene rings is 1. The number of aryl methyl sites for hydroxylation is 1. The van der Waals surface area contributed by atoms with Gasteiger partial charge in [0.25, 0.3) is 0 Å². The lowest BCUT2D eigenvalue weighted by molar-refractivity contribution is 0.303. The molecule has 0 bridgehead atoms. The van der Waals surface area contributed by atoms with Gasteiger partial charge < -0.3 is 15.2 Å². The van der Waals surface area contributed by atoms with Crippen LogP contribution >= 0.6 is 23.2 Å². The summed E-state index contributed by atoms with van der Waals surface area (Å²) in [6.07, 6.45) is 0.980. The number of pyridine rings is 1. The molecule has 0 fully saturated rings. The van der Waals surface area contributed by atoms with E-state index in [9.17, 15) is 4.79 Å². The lowest BCUT2D eigenvalue weighted by atomic mass is 10.1. The van der Waals surface area contributed by atoms with Crippen LogP contribution in [0.2, 0.25) is 10.0 Å². The first-order valence-electron chi connectivity index (χ1n) is 9.10. The highest BCUT2D eigenvalue weighted by atomic mass is 35.5. The number of nitrogens with zero attached hydrogens (tertiary/aromatic N) is 3. The summed E-state index contributed by atoms with van der Waals surface area (Å²) in [5.41, 5.74) is 2.11. The highest BCUT2D eigenvalue weighted by Crippen LogP contribution is 2.37. The smallest absolute Gasteiger partial charge is 0.347 e. The van der Waals surface area contributed by atoms with E-state index in [4.69, 9.17) is 23.2 Å². The lowest BCUT2D eigenvalue weighted by Crippen LogP contribution is -2.25. The molecule has 0 spiro atoms. The van der Waals surface area contributed by atoms with Gasteiger partial charge in [-0.25, -0.2) is 9.78 Å². The Morgan fingerprint density at radius 3 is 2.59 bits per heavy atom. The predicted molar refractivity (Wildman–Crippen MR) is 113 cm³/mol. The normalized spacial score (nSPS) is 11.6. The Bertz CT molecular complexity index is 1030. The molecule has 0 atom stereocenters. The summed E-state index contributed by atoms with van der Waals surface area (Å²) < 4.78 is 0. The number of H-pyrrole nitrogens is 1.